The molecule has 4 N–H and O–H groups in total. The minimum atomic E-state index is -3.20. The Labute approximate surface area is 284 Å². The second-order valence-corrected chi connectivity index (χ2v) is 12.0. The van der Waals surface area contributed by atoms with Gasteiger partial charge in [0.2, 0.25) is 11.8 Å². The van der Waals surface area contributed by atoms with Gasteiger partial charge < -0.3 is 39.7 Å². The molecule has 0 aliphatic rings. The van der Waals surface area contributed by atoms with E-state index in [0.717, 1.165) is 12.1 Å². The highest BCUT2D eigenvalue weighted by Crippen LogP contribution is 2.35. The van der Waals surface area contributed by atoms with Crippen LogP contribution in [0.4, 0.5) is 22.4 Å². The minimum absolute atomic E-state index is 0.00530. The second kappa shape index (κ2) is 17.3. The third kappa shape index (κ3) is 12.0. The third-order valence-corrected chi connectivity index (χ3v) is 6.66. The summed E-state index contributed by atoms with van der Waals surface area (Å²) in [5.41, 5.74) is -1.02. The molecule has 0 spiro atoms. The summed E-state index contributed by atoms with van der Waals surface area (Å²) < 4.78 is 75.3. The van der Waals surface area contributed by atoms with Gasteiger partial charge in [0.1, 0.15) is 23.3 Å². The molecule has 0 saturated heterocycles. The molecule has 3 aromatic rings. The Morgan fingerprint density at radius 3 is 2.34 bits per heavy atom. The summed E-state index contributed by atoms with van der Waals surface area (Å²) in [7, 11) is 0. The molecule has 1 aromatic heterocycles. The fourth-order valence-electron chi connectivity index (χ4n) is 4.28. The van der Waals surface area contributed by atoms with Gasteiger partial charge in [0.05, 0.1) is 12.6 Å². The van der Waals surface area contributed by atoms with Crippen LogP contribution in [0.2, 0.25) is 0 Å². The van der Waals surface area contributed by atoms with Crippen LogP contribution in [0, 0.1) is 11.6 Å². The maximum atomic E-state index is 14.2. The number of unbranched alkanes of at least 4 members (excludes halogenated alkanes) is 1. The van der Waals surface area contributed by atoms with E-state index in [0.29, 0.717) is 6.07 Å². The first-order chi connectivity index (χ1) is 23.4. The number of hydrogen-bond donors (Lipinski definition) is 4. The Balaban J connectivity index is 1.86. The molecule has 0 radical (unpaired) electrons. The Hall–Kier alpha value is -5.35. The number of alkyl halides is 2. The van der Waals surface area contributed by atoms with Crippen LogP contribution in [0.25, 0.3) is 11.5 Å². The molecule has 0 fully saturated rings. The number of nitrogens with zero attached hydrogens (tertiary/aromatic N) is 1. The molecule has 50 heavy (non-hydrogen) atoms. The average Bonchev–Trinajstić information content (AvgIpc) is 3.46. The SMILES string of the molecule is CC(NC(=O)CCCCOc1cc(-c2nc(C(=O)NCc3ccc(F)cc3F)c(C(C)NC(=O)OC(C)(C)C)o2)ccc1OC(F)F)C(=O)O. The normalized spacial score (nSPS) is 12.5. The van der Waals surface area contributed by atoms with Crippen LogP contribution in [0.5, 0.6) is 11.5 Å². The minimum Gasteiger partial charge on any atom is -0.490 e. The number of alkyl carbamates (subject to hydrolysis) is 1. The van der Waals surface area contributed by atoms with Crippen LogP contribution in [0.1, 0.15) is 81.7 Å². The molecular weight excluding hydrogens is 672 g/mol. The third-order valence-electron chi connectivity index (χ3n) is 6.66. The molecule has 0 saturated carbocycles. The number of aliphatic carboxylic acids is 1. The van der Waals surface area contributed by atoms with E-state index in [1.54, 1.807) is 20.8 Å². The molecule has 3 rings (SSSR count). The monoisotopic (exact) mass is 710 g/mol. The molecule has 0 bridgehead atoms. The van der Waals surface area contributed by atoms with Crippen molar-refractivity contribution in [2.75, 3.05) is 6.61 Å². The summed E-state index contributed by atoms with van der Waals surface area (Å²) in [6.07, 6.45) is -0.270. The smallest absolute Gasteiger partial charge is 0.408 e. The number of aromatic nitrogens is 1. The molecule has 2 atom stereocenters. The number of rotatable bonds is 16. The Bertz CT molecular complexity index is 1680. The average molecular weight is 711 g/mol. The lowest BCUT2D eigenvalue weighted by Gasteiger charge is -2.21. The van der Waals surface area contributed by atoms with E-state index >= 15 is 0 Å². The van der Waals surface area contributed by atoms with Crippen LogP contribution < -0.4 is 25.4 Å². The van der Waals surface area contributed by atoms with E-state index < -0.39 is 59.8 Å². The lowest BCUT2D eigenvalue weighted by Crippen LogP contribution is -2.38. The molecule has 17 heteroatoms. The lowest BCUT2D eigenvalue weighted by atomic mass is 10.1. The van der Waals surface area contributed by atoms with Crippen molar-refractivity contribution in [1.82, 2.24) is 20.9 Å². The van der Waals surface area contributed by atoms with E-state index in [-0.39, 0.29) is 72.4 Å². The molecule has 2 aromatic carbocycles. The van der Waals surface area contributed by atoms with E-state index in [4.69, 9.17) is 19.0 Å². The predicted molar refractivity (Wildman–Crippen MR) is 168 cm³/mol. The summed E-state index contributed by atoms with van der Waals surface area (Å²) in [5, 5.41) is 16.3. The van der Waals surface area contributed by atoms with Crippen LogP contribution >= 0.6 is 0 Å². The van der Waals surface area contributed by atoms with Crippen LogP contribution in [-0.2, 0) is 20.9 Å². The number of carbonyl (C=O) groups is 4. The number of amides is 3. The topological polar surface area (TPSA) is 178 Å². The Morgan fingerprint density at radius 2 is 1.70 bits per heavy atom. The zero-order valence-corrected chi connectivity index (χ0v) is 27.9. The van der Waals surface area contributed by atoms with Crippen LogP contribution in [0.15, 0.2) is 40.8 Å². The number of nitrogens with one attached hydrogen (secondary N) is 3. The largest absolute Gasteiger partial charge is 0.490 e. The van der Waals surface area contributed by atoms with Crippen molar-refractivity contribution < 1.29 is 60.5 Å². The molecule has 0 aliphatic carbocycles. The number of halogens is 4. The number of ether oxygens (including phenoxy) is 3. The zero-order valence-electron chi connectivity index (χ0n) is 27.9. The first-order valence-corrected chi connectivity index (χ1v) is 15.4. The number of carboxylic acid groups (broad SMARTS) is 1. The maximum absolute atomic E-state index is 14.2. The summed E-state index contributed by atoms with van der Waals surface area (Å²) in [4.78, 5) is 52.9. The van der Waals surface area contributed by atoms with Gasteiger partial charge in [-0.25, -0.2) is 18.6 Å². The van der Waals surface area contributed by atoms with Crippen molar-refractivity contribution in [2.45, 2.75) is 84.7 Å². The number of carbonyl (C=O) groups excluding carboxylic acids is 3. The van der Waals surface area contributed by atoms with E-state index in [1.807, 2.05) is 0 Å². The Morgan fingerprint density at radius 1 is 0.980 bits per heavy atom. The van der Waals surface area contributed by atoms with Crippen molar-refractivity contribution in [1.29, 1.82) is 0 Å². The van der Waals surface area contributed by atoms with Gasteiger partial charge in [0.15, 0.2) is 23.0 Å². The van der Waals surface area contributed by atoms with Gasteiger partial charge in [-0.05, 0) is 71.7 Å². The fourth-order valence-corrected chi connectivity index (χ4v) is 4.28. The second-order valence-electron chi connectivity index (χ2n) is 12.0. The molecule has 272 valence electrons. The van der Waals surface area contributed by atoms with Gasteiger partial charge in [-0.15, -0.1) is 0 Å². The maximum Gasteiger partial charge on any atom is 0.408 e. The zero-order chi connectivity index (χ0) is 37.2. The van der Waals surface area contributed by atoms with Crippen molar-refractivity contribution >= 4 is 23.9 Å². The summed E-state index contributed by atoms with van der Waals surface area (Å²) in [6.45, 7) is 4.16. The highest BCUT2D eigenvalue weighted by atomic mass is 19.3. The number of carboxylic acids is 1. The van der Waals surface area contributed by atoms with Crippen LogP contribution in [0.3, 0.4) is 0 Å². The van der Waals surface area contributed by atoms with Gasteiger partial charge in [0, 0.05) is 30.2 Å². The van der Waals surface area contributed by atoms with E-state index in [9.17, 15) is 36.7 Å². The predicted octanol–water partition coefficient (Wildman–Crippen LogP) is 5.88. The van der Waals surface area contributed by atoms with Crippen molar-refractivity contribution in [3.05, 3.63) is 65.1 Å². The van der Waals surface area contributed by atoms with E-state index in [1.165, 1.54) is 32.0 Å². The van der Waals surface area contributed by atoms with E-state index in [2.05, 4.69) is 25.7 Å². The number of oxazole rings is 1. The van der Waals surface area contributed by atoms with Gasteiger partial charge in [0.25, 0.3) is 5.91 Å². The quantitative estimate of drug-likeness (QED) is 0.104. The standard InChI is InChI=1S/C33H38F4N4O9/c1-17(40-32(46)50-33(3,4)5)27-26(28(43)38-16-20-9-11-21(34)15-22(20)35)41-29(49-27)19-10-12-23(48-31(36)37)24(14-19)47-13-7-6-8-25(42)39-18(2)30(44)45/h9-12,14-15,17-18,31H,6-8,13,16H2,1-5H3,(H,38,43)(H,39,42)(H,40,46)(H,44,45). The van der Waals surface area contributed by atoms with Gasteiger partial charge in [-0.1, -0.05) is 6.07 Å². The molecular formula is C33H38F4N4O9. The number of hydrogen-bond acceptors (Lipinski definition) is 9. The van der Waals surface area contributed by atoms with Gasteiger partial charge in [-0.3, -0.25) is 14.4 Å². The Kier molecular flexibility index (Phi) is 13.6. The summed E-state index contributed by atoms with van der Waals surface area (Å²) in [5.74, 6) is -5.00. The first-order valence-electron chi connectivity index (χ1n) is 15.4. The van der Waals surface area contributed by atoms with Gasteiger partial charge in [-0.2, -0.15) is 8.78 Å². The number of benzene rings is 2. The molecule has 1 heterocycles. The first kappa shape index (κ1) is 39.1. The van der Waals surface area contributed by atoms with Crippen molar-refractivity contribution in [2.24, 2.45) is 0 Å². The summed E-state index contributed by atoms with van der Waals surface area (Å²) >= 11 is 0. The lowest BCUT2D eigenvalue weighted by molar-refractivity contribution is -0.141. The molecule has 3 amide bonds. The van der Waals surface area contributed by atoms with Crippen molar-refractivity contribution in [3.8, 4) is 23.0 Å². The molecule has 13 nitrogen and oxygen atoms in total. The van der Waals surface area contributed by atoms with Crippen LogP contribution in [-0.4, -0.2) is 58.8 Å². The highest BCUT2D eigenvalue weighted by molar-refractivity contribution is 5.94. The summed E-state index contributed by atoms with van der Waals surface area (Å²) in [6, 6.07) is 4.54. The molecule has 2 unspecified atom stereocenters. The van der Waals surface area contributed by atoms with Crippen molar-refractivity contribution in [3.63, 3.8) is 0 Å². The van der Waals surface area contributed by atoms with Gasteiger partial charge >= 0.3 is 18.7 Å². The molecule has 0 aliphatic heterocycles. The fraction of sp³-hybridized carbons (Fsp3) is 0.424. The highest BCUT2D eigenvalue weighted by Gasteiger charge is 2.28.